The Balaban J connectivity index is 1.98. The monoisotopic (exact) mass is 209 g/mol. The highest BCUT2D eigenvalue weighted by molar-refractivity contribution is 5.77. The second kappa shape index (κ2) is 3.80. The maximum atomic E-state index is 11.3. The highest BCUT2D eigenvalue weighted by Crippen LogP contribution is 2.42. The van der Waals surface area contributed by atoms with Crippen LogP contribution in [0.2, 0.25) is 0 Å². The molecule has 3 unspecified atom stereocenters. The summed E-state index contributed by atoms with van der Waals surface area (Å²) in [4.78, 5) is 11.3. The number of hydrogen-bond donors (Lipinski definition) is 1. The number of carbonyl (C=O) groups is 1. The number of piperidine rings is 1. The molecule has 2 heteroatoms. The van der Waals surface area contributed by atoms with E-state index in [1.807, 2.05) is 0 Å². The third-order valence-corrected chi connectivity index (χ3v) is 4.30. The number of hydrogen-bond acceptors (Lipinski definition) is 1. The van der Waals surface area contributed by atoms with Crippen LogP contribution in [-0.4, -0.2) is 11.9 Å². The van der Waals surface area contributed by atoms with E-state index >= 15 is 0 Å². The van der Waals surface area contributed by atoms with Gasteiger partial charge in [0.2, 0.25) is 5.91 Å². The fourth-order valence-electron chi connectivity index (χ4n) is 3.16. The first-order valence-electron chi connectivity index (χ1n) is 6.26. The van der Waals surface area contributed by atoms with Gasteiger partial charge >= 0.3 is 0 Å². The summed E-state index contributed by atoms with van der Waals surface area (Å²) in [6, 6.07) is 0.491. The van der Waals surface area contributed by atoms with Gasteiger partial charge in [0.25, 0.3) is 0 Å². The van der Waals surface area contributed by atoms with Crippen LogP contribution in [0, 0.1) is 17.3 Å². The van der Waals surface area contributed by atoms with E-state index in [1.54, 1.807) is 0 Å². The molecule has 1 heterocycles. The predicted octanol–water partition coefficient (Wildman–Crippen LogP) is 2.73. The highest BCUT2D eigenvalue weighted by Gasteiger charge is 2.38. The summed E-state index contributed by atoms with van der Waals surface area (Å²) in [5.74, 6) is 1.86. The van der Waals surface area contributed by atoms with Crippen molar-refractivity contribution in [2.75, 3.05) is 0 Å². The van der Waals surface area contributed by atoms with E-state index in [0.29, 0.717) is 11.5 Å². The van der Waals surface area contributed by atoms with Gasteiger partial charge < -0.3 is 5.32 Å². The maximum absolute atomic E-state index is 11.3. The lowest BCUT2D eigenvalue weighted by atomic mass is 9.66. The molecule has 0 aromatic heterocycles. The Labute approximate surface area is 92.8 Å². The number of amides is 1. The fraction of sp³-hybridized carbons (Fsp3) is 0.923. The highest BCUT2D eigenvalue weighted by atomic mass is 16.1. The van der Waals surface area contributed by atoms with E-state index in [-0.39, 0.29) is 5.91 Å². The Morgan fingerprint density at radius 2 is 1.93 bits per heavy atom. The minimum Gasteiger partial charge on any atom is -0.353 e. The van der Waals surface area contributed by atoms with Gasteiger partial charge in [0.15, 0.2) is 0 Å². The summed E-state index contributed by atoms with van der Waals surface area (Å²) in [5.41, 5.74) is 0.437. The maximum Gasteiger partial charge on any atom is 0.220 e. The molecule has 0 radical (unpaired) electrons. The molecule has 0 aromatic carbocycles. The standard InChI is InChI=1S/C13H23NO/c1-13(2,3)10-5-6-11-9(8-10)4-7-12(15)14-11/h9-11H,4-8H2,1-3H3,(H,14,15). The van der Waals surface area contributed by atoms with Gasteiger partial charge in [-0.2, -0.15) is 0 Å². The average Bonchev–Trinajstić information content (AvgIpc) is 2.15. The number of fused-ring (bicyclic) bond motifs is 1. The van der Waals surface area contributed by atoms with E-state index in [4.69, 9.17) is 0 Å². The van der Waals surface area contributed by atoms with Crippen molar-refractivity contribution >= 4 is 5.91 Å². The molecule has 0 aromatic rings. The Hall–Kier alpha value is -0.530. The van der Waals surface area contributed by atoms with Crippen molar-refractivity contribution < 1.29 is 4.79 Å². The van der Waals surface area contributed by atoms with Crippen molar-refractivity contribution in [1.82, 2.24) is 5.32 Å². The van der Waals surface area contributed by atoms with Gasteiger partial charge in [-0.25, -0.2) is 0 Å². The summed E-state index contributed by atoms with van der Waals surface area (Å²) < 4.78 is 0. The number of carbonyl (C=O) groups excluding carboxylic acids is 1. The zero-order valence-electron chi connectivity index (χ0n) is 10.2. The van der Waals surface area contributed by atoms with Crippen LogP contribution >= 0.6 is 0 Å². The van der Waals surface area contributed by atoms with Crippen molar-refractivity contribution in [3.05, 3.63) is 0 Å². The van der Waals surface area contributed by atoms with E-state index in [2.05, 4.69) is 26.1 Å². The van der Waals surface area contributed by atoms with Crippen LogP contribution in [0.5, 0.6) is 0 Å². The van der Waals surface area contributed by atoms with Gasteiger partial charge in [-0.05, 0) is 42.9 Å². The van der Waals surface area contributed by atoms with Gasteiger partial charge in [0.1, 0.15) is 0 Å². The van der Waals surface area contributed by atoms with Crippen LogP contribution in [0.15, 0.2) is 0 Å². The van der Waals surface area contributed by atoms with Gasteiger partial charge in [-0.1, -0.05) is 20.8 Å². The minimum atomic E-state index is 0.269. The molecule has 2 aliphatic rings. The molecule has 1 saturated carbocycles. The summed E-state index contributed by atoms with van der Waals surface area (Å²) >= 11 is 0. The quantitative estimate of drug-likeness (QED) is 0.653. The molecule has 3 atom stereocenters. The van der Waals surface area contributed by atoms with E-state index in [1.165, 1.54) is 19.3 Å². The van der Waals surface area contributed by atoms with Crippen molar-refractivity contribution in [2.24, 2.45) is 17.3 Å². The molecule has 2 rings (SSSR count). The summed E-state index contributed by atoms with van der Waals surface area (Å²) in [6.07, 6.45) is 5.65. The van der Waals surface area contributed by atoms with Crippen LogP contribution in [-0.2, 0) is 4.79 Å². The van der Waals surface area contributed by atoms with Gasteiger partial charge in [-0.15, -0.1) is 0 Å². The molecular formula is C13H23NO. The molecule has 86 valence electrons. The van der Waals surface area contributed by atoms with Crippen LogP contribution in [0.25, 0.3) is 0 Å². The van der Waals surface area contributed by atoms with Gasteiger partial charge in [0.05, 0.1) is 0 Å². The molecule has 2 fully saturated rings. The molecule has 0 spiro atoms. The van der Waals surface area contributed by atoms with Crippen molar-refractivity contribution in [1.29, 1.82) is 0 Å². The van der Waals surface area contributed by atoms with Crippen molar-refractivity contribution in [2.45, 2.75) is 58.9 Å². The van der Waals surface area contributed by atoms with Crippen LogP contribution < -0.4 is 5.32 Å². The summed E-state index contributed by atoms with van der Waals surface area (Å²) in [7, 11) is 0. The molecule has 1 amide bonds. The lowest BCUT2D eigenvalue weighted by Gasteiger charge is -2.44. The van der Waals surface area contributed by atoms with Crippen molar-refractivity contribution in [3.8, 4) is 0 Å². The largest absolute Gasteiger partial charge is 0.353 e. The molecular weight excluding hydrogens is 186 g/mol. The Kier molecular flexibility index (Phi) is 2.78. The second-order valence-corrected chi connectivity index (χ2v) is 6.35. The predicted molar refractivity (Wildman–Crippen MR) is 61.5 cm³/mol. The Morgan fingerprint density at radius 1 is 1.20 bits per heavy atom. The molecule has 1 N–H and O–H groups in total. The molecule has 0 bridgehead atoms. The fourth-order valence-corrected chi connectivity index (χ4v) is 3.16. The summed E-state index contributed by atoms with van der Waals surface area (Å²) in [6.45, 7) is 7.04. The minimum absolute atomic E-state index is 0.269. The molecule has 2 nitrogen and oxygen atoms in total. The first-order chi connectivity index (χ1) is 6.97. The van der Waals surface area contributed by atoms with E-state index in [0.717, 1.165) is 24.7 Å². The van der Waals surface area contributed by atoms with Crippen LogP contribution in [0.1, 0.15) is 52.9 Å². The second-order valence-electron chi connectivity index (χ2n) is 6.35. The van der Waals surface area contributed by atoms with E-state index in [9.17, 15) is 4.79 Å². The molecule has 1 aliphatic carbocycles. The molecule has 1 saturated heterocycles. The number of rotatable bonds is 0. The van der Waals surface area contributed by atoms with Crippen LogP contribution in [0.4, 0.5) is 0 Å². The zero-order chi connectivity index (χ0) is 11.1. The smallest absolute Gasteiger partial charge is 0.220 e. The van der Waals surface area contributed by atoms with Crippen LogP contribution in [0.3, 0.4) is 0 Å². The Bertz CT molecular complexity index is 254. The SMILES string of the molecule is CC(C)(C)C1CCC2NC(=O)CCC2C1. The molecule has 1 aliphatic heterocycles. The van der Waals surface area contributed by atoms with E-state index < -0.39 is 0 Å². The molecule has 15 heavy (non-hydrogen) atoms. The first-order valence-corrected chi connectivity index (χ1v) is 6.26. The summed E-state index contributed by atoms with van der Waals surface area (Å²) in [5, 5.41) is 3.15. The lowest BCUT2D eigenvalue weighted by molar-refractivity contribution is -0.125. The normalized spacial score (nSPS) is 37.0. The average molecular weight is 209 g/mol. The third kappa shape index (κ3) is 2.35. The van der Waals surface area contributed by atoms with Gasteiger partial charge in [-0.3, -0.25) is 4.79 Å². The first kappa shape index (κ1) is 11.0. The van der Waals surface area contributed by atoms with Crippen molar-refractivity contribution in [3.63, 3.8) is 0 Å². The zero-order valence-corrected chi connectivity index (χ0v) is 10.2. The topological polar surface area (TPSA) is 29.1 Å². The lowest BCUT2D eigenvalue weighted by Crippen LogP contribution is -2.48. The number of nitrogens with one attached hydrogen (secondary N) is 1. The third-order valence-electron chi connectivity index (χ3n) is 4.30. The Morgan fingerprint density at radius 3 is 2.60 bits per heavy atom. The van der Waals surface area contributed by atoms with Gasteiger partial charge in [0, 0.05) is 12.5 Å².